The van der Waals surface area contributed by atoms with Crippen LogP contribution in [-0.2, 0) is 17.5 Å². The third-order valence-corrected chi connectivity index (χ3v) is 3.54. The molecule has 15 heavy (non-hydrogen) atoms. The van der Waals surface area contributed by atoms with E-state index in [1.165, 1.54) is 0 Å². The van der Waals surface area contributed by atoms with E-state index in [0.717, 1.165) is 5.56 Å². The van der Waals surface area contributed by atoms with Gasteiger partial charge < -0.3 is 4.55 Å². The zero-order valence-corrected chi connectivity index (χ0v) is 10.4. The van der Waals surface area contributed by atoms with Crippen molar-refractivity contribution in [2.45, 2.75) is 18.1 Å². The van der Waals surface area contributed by atoms with Crippen molar-refractivity contribution in [3.8, 4) is 0 Å². The summed E-state index contributed by atoms with van der Waals surface area (Å²) in [4.78, 5) is 0. The molecule has 2 atom stereocenters. The molecule has 0 saturated heterocycles. The summed E-state index contributed by atoms with van der Waals surface area (Å²) in [7, 11) is 0. The maximum atomic E-state index is 11.0. The van der Waals surface area contributed by atoms with Gasteiger partial charge in [0.1, 0.15) is 0 Å². The summed E-state index contributed by atoms with van der Waals surface area (Å²) in [5, 5.41) is 0.362. The molecule has 0 spiro atoms. The number of halogens is 2. The van der Waals surface area contributed by atoms with Crippen molar-refractivity contribution < 1.29 is 8.76 Å². The van der Waals surface area contributed by atoms with Crippen LogP contribution in [0.1, 0.15) is 12.0 Å². The normalized spacial score (nSPS) is 14.9. The molecule has 1 aromatic carbocycles. The first-order chi connectivity index (χ1) is 7.13. The topological polar surface area (TPSA) is 37.3 Å². The van der Waals surface area contributed by atoms with Gasteiger partial charge in [-0.3, -0.25) is 0 Å². The van der Waals surface area contributed by atoms with Crippen LogP contribution in [-0.4, -0.2) is 19.9 Å². The lowest BCUT2D eigenvalue weighted by atomic mass is 10.1. The van der Waals surface area contributed by atoms with E-state index in [1.807, 2.05) is 12.1 Å². The largest absolute Gasteiger partial charge is 0.306 e. The Morgan fingerprint density at radius 1 is 1.33 bits per heavy atom. The van der Waals surface area contributed by atoms with Crippen LogP contribution in [0.5, 0.6) is 0 Å². The Balaban J connectivity index is 2.65. The highest BCUT2D eigenvalue weighted by atomic mass is 35.5. The molecule has 0 aromatic heterocycles. The fourth-order valence-electron chi connectivity index (χ4n) is 1.28. The Morgan fingerprint density at radius 2 is 1.93 bits per heavy atom. The van der Waals surface area contributed by atoms with Gasteiger partial charge in [0.25, 0.3) is 0 Å². The van der Waals surface area contributed by atoms with Crippen molar-refractivity contribution in [1.82, 2.24) is 0 Å². The maximum Gasteiger partial charge on any atom is 0.156 e. The minimum Gasteiger partial charge on any atom is -0.306 e. The Kier molecular flexibility index (Phi) is 5.61. The minimum atomic E-state index is -1.83. The molecule has 2 unspecified atom stereocenters. The van der Waals surface area contributed by atoms with Crippen molar-refractivity contribution in [2.75, 3.05) is 5.88 Å². The molecule has 0 aliphatic heterocycles. The quantitative estimate of drug-likeness (QED) is 0.657. The summed E-state index contributed by atoms with van der Waals surface area (Å²) < 4.78 is 20.0. The van der Waals surface area contributed by atoms with Gasteiger partial charge in [0.05, 0.1) is 5.25 Å². The Morgan fingerprint density at radius 3 is 2.40 bits per heavy atom. The van der Waals surface area contributed by atoms with Gasteiger partial charge in [-0.2, -0.15) is 0 Å². The van der Waals surface area contributed by atoms with Gasteiger partial charge in [0, 0.05) is 10.9 Å². The van der Waals surface area contributed by atoms with E-state index in [4.69, 9.17) is 27.8 Å². The third-order valence-electron chi connectivity index (χ3n) is 2.09. The van der Waals surface area contributed by atoms with Crippen LogP contribution in [0.3, 0.4) is 0 Å². The molecule has 1 N–H and O–H groups in total. The van der Waals surface area contributed by atoms with Gasteiger partial charge in [-0.1, -0.05) is 23.7 Å². The average Bonchev–Trinajstić information content (AvgIpc) is 2.20. The second kappa shape index (κ2) is 6.48. The maximum absolute atomic E-state index is 11.0. The average molecular weight is 267 g/mol. The van der Waals surface area contributed by atoms with E-state index in [9.17, 15) is 4.21 Å². The fourth-order valence-corrected chi connectivity index (χ4v) is 2.45. The molecule has 0 amide bonds. The van der Waals surface area contributed by atoms with Crippen LogP contribution in [0.2, 0.25) is 5.02 Å². The van der Waals surface area contributed by atoms with Crippen LogP contribution in [0.4, 0.5) is 0 Å². The van der Waals surface area contributed by atoms with Crippen molar-refractivity contribution >= 4 is 34.3 Å². The first-order valence-electron chi connectivity index (χ1n) is 4.53. The highest BCUT2D eigenvalue weighted by Gasteiger charge is 2.14. The summed E-state index contributed by atoms with van der Waals surface area (Å²) in [6.45, 7) is 0. The molecule has 84 valence electrons. The summed E-state index contributed by atoms with van der Waals surface area (Å²) in [5.74, 6) is 0.393. The van der Waals surface area contributed by atoms with Gasteiger partial charge >= 0.3 is 0 Å². The van der Waals surface area contributed by atoms with E-state index >= 15 is 0 Å². The first-order valence-corrected chi connectivity index (χ1v) is 6.61. The van der Waals surface area contributed by atoms with Crippen LogP contribution in [0.25, 0.3) is 0 Å². The number of alkyl halides is 1. The van der Waals surface area contributed by atoms with Gasteiger partial charge in [-0.05, 0) is 30.5 Å². The van der Waals surface area contributed by atoms with Crippen molar-refractivity contribution in [3.05, 3.63) is 34.9 Å². The van der Waals surface area contributed by atoms with E-state index in [0.29, 0.717) is 23.7 Å². The van der Waals surface area contributed by atoms with Crippen LogP contribution >= 0.6 is 23.2 Å². The summed E-state index contributed by atoms with van der Waals surface area (Å²) in [6, 6.07) is 7.26. The molecule has 1 aromatic rings. The van der Waals surface area contributed by atoms with E-state index in [2.05, 4.69) is 0 Å². The van der Waals surface area contributed by atoms with Crippen molar-refractivity contribution in [1.29, 1.82) is 0 Å². The Labute approximate surface area is 102 Å². The second-order valence-electron chi connectivity index (χ2n) is 3.21. The SMILES string of the molecule is O=S(O)C(CCCl)Cc1ccc(Cl)cc1. The van der Waals surface area contributed by atoms with Gasteiger partial charge in [-0.25, -0.2) is 4.21 Å². The van der Waals surface area contributed by atoms with E-state index in [-0.39, 0.29) is 5.25 Å². The summed E-state index contributed by atoms with van der Waals surface area (Å²) >= 11 is 9.48. The Hall–Kier alpha value is -0.0900. The molecule has 0 aliphatic carbocycles. The highest BCUT2D eigenvalue weighted by molar-refractivity contribution is 7.79. The number of rotatable bonds is 5. The fraction of sp³-hybridized carbons (Fsp3) is 0.400. The molecule has 0 bridgehead atoms. The van der Waals surface area contributed by atoms with Gasteiger partial charge in [0.15, 0.2) is 11.1 Å². The number of hydrogen-bond donors (Lipinski definition) is 1. The molecule has 0 fully saturated rings. The lowest BCUT2D eigenvalue weighted by Gasteiger charge is -2.11. The standard InChI is InChI=1S/C10H12Cl2O2S/c11-6-5-10(15(13)14)7-8-1-3-9(12)4-2-8/h1-4,10H,5-7H2,(H,13,14). The molecule has 5 heteroatoms. The first kappa shape index (κ1) is 13.0. The van der Waals surface area contributed by atoms with Crippen molar-refractivity contribution in [3.63, 3.8) is 0 Å². The highest BCUT2D eigenvalue weighted by Crippen LogP contribution is 2.14. The van der Waals surface area contributed by atoms with Crippen molar-refractivity contribution in [2.24, 2.45) is 0 Å². The predicted octanol–water partition coefficient (Wildman–Crippen LogP) is 3.10. The number of benzene rings is 1. The minimum absolute atomic E-state index is 0.302. The Bertz CT molecular complexity index is 327. The van der Waals surface area contributed by atoms with Crippen LogP contribution < -0.4 is 0 Å². The molecule has 0 saturated carbocycles. The smallest absolute Gasteiger partial charge is 0.156 e. The lowest BCUT2D eigenvalue weighted by Crippen LogP contribution is -2.18. The number of hydrogen-bond acceptors (Lipinski definition) is 1. The lowest BCUT2D eigenvalue weighted by molar-refractivity contribution is 0.542. The van der Waals surface area contributed by atoms with Crippen LogP contribution in [0.15, 0.2) is 24.3 Å². The van der Waals surface area contributed by atoms with Gasteiger partial charge in [-0.15, -0.1) is 11.6 Å². The molecule has 0 heterocycles. The molecular formula is C10H12Cl2O2S. The van der Waals surface area contributed by atoms with E-state index in [1.54, 1.807) is 12.1 Å². The molecular weight excluding hydrogens is 255 g/mol. The predicted molar refractivity (Wildman–Crippen MR) is 65.1 cm³/mol. The van der Waals surface area contributed by atoms with Crippen LogP contribution in [0, 0.1) is 0 Å². The second-order valence-corrected chi connectivity index (χ2v) is 5.24. The molecule has 2 nitrogen and oxygen atoms in total. The molecule has 0 aliphatic rings. The molecule has 1 rings (SSSR count). The van der Waals surface area contributed by atoms with E-state index < -0.39 is 11.1 Å². The zero-order chi connectivity index (χ0) is 11.3. The zero-order valence-electron chi connectivity index (χ0n) is 8.03. The van der Waals surface area contributed by atoms with Gasteiger partial charge in [0.2, 0.25) is 0 Å². The third kappa shape index (κ3) is 4.51. The summed E-state index contributed by atoms with van der Waals surface area (Å²) in [6.07, 6.45) is 1.08. The molecule has 0 radical (unpaired) electrons. The monoisotopic (exact) mass is 266 g/mol. The summed E-state index contributed by atoms with van der Waals surface area (Å²) in [5.41, 5.74) is 0.997.